The predicted molar refractivity (Wildman–Crippen MR) is 73.5 cm³/mol. The summed E-state index contributed by atoms with van der Waals surface area (Å²) in [6.45, 7) is 0. The average molecular weight is 362 g/mol. The number of rotatable bonds is 2. The van der Waals surface area contributed by atoms with E-state index in [0.29, 0.717) is 22.7 Å². The van der Waals surface area contributed by atoms with E-state index in [0.717, 1.165) is 0 Å². The van der Waals surface area contributed by atoms with E-state index in [1.54, 1.807) is 18.2 Å². The number of anilines is 1. The van der Waals surface area contributed by atoms with Crippen LogP contribution in [0.25, 0.3) is 0 Å². The molecule has 0 heterocycles. The number of carbonyl (C=O) groups excluding carboxylic acids is 1. The van der Waals surface area contributed by atoms with Gasteiger partial charge in [0, 0.05) is 4.47 Å². The smallest absolute Gasteiger partial charge is 0.319 e. The Hall–Kier alpha value is -1.89. The molecule has 2 aromatic carbocycles. The third kappa shape index (κ3) is 3.60. The van der Waals surface area contributed by atoms with E-state index in [1.807, 2.05) is 0 Å². The van der Waals surface area contributed by atoms with E-state index in [-0.39, 0.29) is 5.56 Å². The fourth-order valence-electron chi connectivity index (χ4n) is 1.63. The topological polar surface area (TPSA) is 29.1 Å². The summed E-state index contributed by atoms with van der Waals surface area (Å²) in [6, 6.07) is 8.15. The molecule has 0 atom stereocenters. The molecule has 2 nitrogen and oxygen atoms in total. The molecule has 0 unspecified atom stereocenters. The van der Waals surface area contributed by atoms with Crippen molar-refractivity contribution in [3.63, 3.8) is 0 Å². The van der Waals surface area contributed by atoms with Gasteiger partial charge in [0.2, 0.25) is 0 Å². The summed E-state index contributed by atoms with van der Waals surface area (Å²) in [5.41, 5.74) is -1.37. The van der Waals surface area contributed by atoms with Crippen LogP contribution in [0.3, 0.4) is 0 Å². The molecule has 0 aliphatic heterocycles. The van der Waals surface area contributed by atoms with Crippen molar-refractivity contribution in [2.75, 3.05) is 5.32 Å². The molecule has 0 saturated carbocycles. The van der Waals surface area contributed by atoms with Gasteiger partial charge in [0.15, 0.2) is 0 Å². The summed E-state index contributed by atoms with van der Waals surface area (Å²) in [5, 5.41) is 2.14. The Labute approximate surface area is 125 Å². The van der Waals surface area contributed by atoms with Gasteiger partial charge in [-0.1, -0.05) is 12.1 Å². The van der Waals surface area contributed by atoms with Crippen LogP contribution < -0.4 is 5.32 Å². The predicted octanol–water partition coefficient (Wildman–Crippen LogP) is 4.86. The lowest BCUT2D eigenvalue weighted by atomic mass is 10.1. The third-order valence-electron chi connectivity index (χ3n) is 2.66. The molecule has 0 saturated heterocycles. The number of nitrogens with one attached hydrogen (secondary N) is 1. The lowest BCUT2D eigenvalue weighted by molar-refractivity contribution is -0.137. The minimum Gasteiger partial charge on any atom is -0.319 e. The van der Waals surface area contributed by atoms with Crippen LogP contribution in [0.5, 0.6) is 0 Å². The second kappa shape index (κ2) is 5.85. The molecule has 0 aliphatic carbocycles. The van der Waals surface area contributed by atoms with Crippen LogP contribution in [0, 0.1) is 5.82 Å². The summed E-state index contributed by atoms with van der Waals surface area (Å²) < 4.78 is 51.7. The van der Waals surface area contributed by atoms with E-state index < -0.39 is 29.2 Å². The highest BCUT2D eigenvalue weighted by atomic mass is 79.9. The summed E-state index contributed by atoms with van der Waals surface area (Å²) in [4.78, 5) is 12.0. The zero-order chi connectivity index (χ0) is 15.6. The Morgan fingerprint density at radius 1 is 1.10 bits per heavy atom. The van der Waals surface area contributed by atoms with Crippen LogP contribution >= 0.6 is 15.9 Å². The van der Waals surface area contributed by atoms with Crippen LogP contribution in [0.4, 0.5) is 23.2 Å². The second-order valence-electron chi connectivity index (χ2n) is 4.13. The second-order valence-corrected chi connectivity index (χ2v) is 4.98. The summed E-state index contributed by atoms with van der Waals surface area (Å²) in [5.74, 6) is -1.65. The first-order valence-corrected chi connectivity index (χ1v) is 6.51. The first kappa shape index (κ1) is 15.5. The van der Waals surface area contributed by atoms with Gasteiger partial charge in [0.05, 0.1) is 16.8 Å². The zero-order valence-electron chi connectivity index (χ0n) is 10.3. The maximum absolute atomic E-state index is 13.5. The number of hydrogen-bond donors (Lipinski definition) is 1. The van der Waals surface area contributed by atoms with Crippen molar-refractivity contribution in [3.8, 4) is 0 Å². The molecule has 1 amide bonds. The lowest BCUT2D eigenvalue weighted by Gasteiger charge is -2.11. The standard InChI is InChI=1S/C14H8BrF4NO/c15-10-4-2-1-3-9(10)13(21)20-12-7-8(14(17,18)19)5-6-11(12)16/h1-7H,(H,20,21). The monoisotopic (exact) mass is 361 g/mol. The third-order valence-corrected chi connectivity index (χ3v) is 3.35. The van der Waals surface area contributed by atoms with Gasteiger partial charge < -0.3 is 5.32 Å². The largest absolute Gasteiger partial charge is 0.416 e. The molecule has 0 aliphatic rings. The van der Waals surface area contributed by atoms with Gasteiger partial charge in [-0.25, -0.2) is 4.39 Å². The molecular formula is C14H8BrF4NO. The minimum absolute atomic E-state index is 0.189. The molecule has 110 valence electrons. The molecule has 2 aromatic rings. The number of alkyl halides is 3. The number of hydrogen-bond acceptors (Lipinski definition) is 1. The van der Waals surface area contributed by atoms with Crippen molar-refractivity contribution < 1.29 is 22.4 Å². The van der Waals surface area contributed by atoms with Gasteiger partial charge in [-0.05, 0) is 46.3 Å². The number of halogens is 5. The lowest BCUT2D eigenvalue weighted by Crippen LogP contribution is -2.15. The molecule has 0 spiro atoms. The molecule has 21 heavy (non-hydrogen) atoms. The zero-order valence-corrected chi connectivity index (χ0v) is 11.9. The van der Waals surface area contributed by atoms with E-state index in [1.165, 1.54) is 6.07 Å². The molecule has 1 N–H and O–H groups in total. The molecule has 0 radical (unpaired) electrons. The van der Waals surface area contributed by atoms with Crippen LogP contribution in [0.15, 0.2) is 46.9 Å². The van der Waals surface area contributed by atoms with Gasteiger partial charge in [-0.15, -0.1) is 0 Å². The highest BCUT2D eigenvalue weighted by Crippen LogP contribution is 2.32. The first-order valence-electron chi connectivity index (χ1n) is 5.71. The van der Waals surface area contributed by atoms with Gasteiger partial charge in [0.1, 0.15) is 5.82 Å². The van der Waals surface area contributed by atoms with Crippen molar-refractivity contribution in [2.24, 2.45) is 0 Å². The normalized spacial score (nSPS) is 11.3. The van der Waals surface area contributed by atoms with Gasteiger partial charge in [-0.2, -0.15) is 13.2 Å². The summed E-state index contributed by atoms with van der Waals surface area (Å²) in [6.07, 6.45) is -4.61. The fourth-order valence-corrected chi connectivity index (χ4v) is 2.10. The number of carbonyl (C=O) groups is 1. The number of amides is 1. The van der Waals surface area contributed by atoms with Crippen molar-refractivity contribution in [1.29, 1.82) is 0 Å². The Morgan fingerprint density at radius 2 is 1.76 bits per heavy atom. The molecule has 0 aromatic heterocycles. The van der Waals surface area contributed by atoms with Gasteiger partial charge >= 0.3 is 6.18 Å². The average Bonchev–Trinajstić information content (AvgIpc) is 2.40. The highest BCUT2D eigenvalue weighted by Gasteiger charge is 2.31. The Bertz CT molecular complexity index is 685. The molecular weight excluding hydrogens is 354 g/mol. The van der Waals surface area contributed by atoms with E-state index in [4.69, 9.17) is 0 Å². The SMILES string of the molecule is O=C(Nc1cc(C(F)(F)F)ccc1F)c1ccccc1Br. The Morgan fingerprint density at radius 3 is 2.38 bits per heavy atom. The molecule has 0 bridgehead atoms. The Balaban J connectivity index is 2.31. The van der Waals surface area contributed by atoms with E-state index in [9.17, 15) is 22.4 Å². The van der Waals surface area contributed by atoms with E-state index in [2.05, 4.69) is 21.2 Å². The van der Waals surface area contributed by atoms with Crippen LogP contribution in [0.1, 0.15) is 15.9 Å². The fraction of sp³-hybridized carbons (Fsp3) is 0.0714. The minimum atomic E-state index is -4.61. The van der Waals surface area contributed by atoms with E-state index >= 15 is 0 Å². The molecule has 7 heteroatoms. The Kier molecular flexibility index (Phi) is 4.32. The molecule has 0 fully saturated rings. The van der Waals surface area contributed by atoms with Crippen LogP contribution in [-0.4, -0.2) is 5.91 Å². The van der Waals surface area contributed by atoms with Crippen molar-refractivity contribution in [2.45, 2.75) is 6.18 Å². The van der Waals surface area contributed by atoms with Crippen LogP contribution in [0.2, 0.25) is 0 Å². The van der Waals surface area contributed by atoms with Gasteiger partial charge in [-0.3, -0.25) is 4.79 Å². The maximum atomic E-state index is 13.5. The van der Waals surface area contributed by atoms with Gasteiger partial charge in [0.25, 0.3) is 5.91 Å². The van der Waals surface area contributed by atoms with Crippen molar-refractivity contribution in [1.82, 2.24) is 0 Å². The van der Waals surface area contributed by atoms with Crippen molar-refractivity contribution in [3.05, 3.63) is 63.9 Å². The van der Waals surface area contributed by atoms with Crippen LogP contribution in [-0.2, 0) is 6.18 Å². The quantitative estimate of drug-likeness (QED) is 0.760. The summed E-state index contributed by atoms with van der Waals surface area (Å²) in [7, 11) is 0. The maximum Gasteiger partial charge on any atom is 0.416 e. The highest BCUT2D eigenvalue weighted by molar-refractivity contribution is 9.10. The van der Waals surface area contributed by atoms with Crippen molar-refractivity contribution >= 4 is 27.5 Å². The summed E-state index contributed by atoms with van der Waals surface area (Å²) >= 11 is 3.14. The number of benzene rings is 2. The molecule has 2 rings (SSSR count). The first-order chi connectivity index (χ1) is 9.79.